The van der Waals surface area contributed by atoms with Gasteiger partial charge in [-0.3, -0.25) is 4.79 Å². The number of rotatable bonds is 3. The second-order valence-electron chi connectivity index (χ2n) is 7.75. The molecule has 1 unspecified atom stereocenters. The lowest BCUT2D eigenvalue weighted by molar-refractivity contribution is 0.0635. The fourth-order valence-electron chi connectivity index (χ4n) is 4.15. The van der Waals surface area contributed by atoms with Crippen molar-refractivity contribution < 1.29 is 9.18 Å². The molecule has 2 fully saturated rings. The molecule has 136 valence electrons. The lowest BCUT2D eigenvalue weighted by Crippen LogP contribution is -2.45. The molecule has 0 aliphatic carbocycles. The van der Waals surface area contributed by atoms with Crippen LogP contribution in [0, 0.1) is 5.82 Å². The van der Waals surface area contributed by atoms with Crippen molar-refractivity contribution in [1.29, 1.82) is 0 Å². The highest BCUT2D eigenvalue weighted by atomic mass is 19.1. The summed E-state index contributed by atoms with van der Waals surface area (Å²) in [6.45, 7) is 6.87. The summed E-state index contributed by atoms with van der Waals surface area (Å²) in [6, 6.07) is 10.5. The third kappa shape index (κ3) is 2.85. The number of halogens is 1. The fraction of sp³-hybridized carbons (Fsp3) is 0.429. The Morgan fingerprint density at radius 3 is 2.62 bits per heavy atom. The van der Waals surface area contributed by atoms with Gasteiger partial charge in [-0.1, -0.05) is 12.1 Å². The molecule has 0 bridgehead atoms. The molecule has 0 N–H and O–H groups in total. The van der Waals surface area contributed by atoms with Crippen molar-refractivity contribution in [2.75, 3.05) is 24.5 Å². The average molecular weight is 353 g/mol. The molecule has 2 aliphatic heterocycles. The van der Waals surface area contributed by atoms with Gasteiger partial charge in [0, 0.05) is 37.3 Å². The van der Waals surface area contributed by atoms with Gasteiger partial charge in [-0.15, -0.1) is 0 Å². The summed E-state index contributed by atoms with van der Waals surface area (Å²) in [4.78, 5) is 21.6. The normalized spacial score (nSPS) is 21.6. The zero-order valence-electron chi connectivity index (χ0n) is 15.3. The number of anilines is 1. The Bertz CT molecular complexity index is 814. The van der Waals surface area contributed by atoms with Crippen LogP contribution < -0.4 is 4.90 Å². The number of pyridine rings is 1. The van der Waals surface area contributed by atoms with Crippen LogP contribution in [0.4, 0.5) is 10.2 Å². The maximum atomic E-state index is 13.6. The minimum absolute atomic E-state index is 0.00318. The van der Waals surface area contributed by atoms with Crippen LogP contribution in [-0.2, 0) is 0 Å². The zero-order valence-corrected chi connectivity index (χ0v) is 15.3. The largest absolute Gasteiger partial charge is 0.356 e. The van der Waals surface area contributed by atoms with E-state index in [2.05, 4.69) is 23.7 Å². The summed E-state index contributed by atoms with van der Waals surface area (Å²) >= 11 is 0. The summed E-state index contributed by atoms with van der Waals surface area (Å²) < 4.78 is 13.6. The van der Waals surface area contributed by atoms with Crippen LogP contribution in [0.5, 0.6) is 0 Å². The molecule has 2 saturated heterocycles. The number of hydrogen-bond acceptors (Lipinski definition) is 3. The van der Waals surface area contributed by atoms with Crippen molar-refractivity contribution in [3.63, 3.8) is 0 Å². The molecule has 0 radical (unpaired) electrons. The summed E-state index contributed by atoms with van der Waals surface area (Å²) in [5.41, 5.74) is 1.19. The molecule has 1 amide bonds. The first-order valence-electron chi connectivity index (χ1n) is 9.25. The van der Waals surface area contributed by atoms with Gasteiger partial charge in [0.25, 0.3) is 5.91 Å². The molecule has 1 atom stereocenters. The molecule has 2 aliphatic rings. The van der Waals surface area contributed by atoms with Crippen molar-refractivity contribution in [2.45, 2.75) is 38.1 Å². The van der Waals surface area contributed by atoms with E-state index >= 15 is 0 Å². The SMILES string of the molecule is CC1(C)C(c2cccc(F)c2)CCN1C(=O)c1ccc(N2CCC2)nc1. The minimum atomic E-state index is -0.374. The van der Waals surface area contributed by atoms with Gasteiger partial charge < -0.3 is 9.80 Å². The number of nitrogens with zero attached hydrogens (tertiary/aromatic N) is 3. The Morgan fingerprint density at radius 1 is 1.19 bits per heavy atom. The lowest BCUT2D eigenvalue weighted by Gasteiger charge is -2.36. The maximum Gasteiger partial charge on any atom is 0.255 e. The Morgan fingerprint density at radius 2 is 2.00 bits per heavy atom. The van der Waals surface area contributed by atoms with Crippen molar-refractivity contribution in [3.05, 3.63) is 59.5 Å². The van der Waals surface area contributed by atoms with E-state index in [1.54, 1.807) is 18.3 Å². The average Bonchev–Trinajstić information content (AvgIpc) is 2.88. The monoisotopic (exact) mass is 353 g/mol. The van der Waals surface area contributed by atoms with Gasteiger partial charge in [-0.05, 0) is 56.5 Å². The number of aromatic nitrogens is 1. The molecule has 1 aromatic heterocycles. The number of likely N-dealkylation sites (tertiary alicyclic amines) is 1. The first kappa shape index (κ1) is 17.0. The molecule has 0 spiro atoms. The van der Waals surface area contributed by atoms with Crippen LogP contribution in [0.15, 0.2) is 42.6 Å². The Balaban J connectivity index is 1.54. The standard InChI is InChI=1S/C21H24FN3O/c1-21(2)18(15-5-3-6-17(22)13-15)9-12-25(21)20(26)16-7-8-19(23-14-16)24-10-4-11-24/h3,5-8,13-14,18H,4,9-12H2,1-2H3. The second-order valence-corrected chi connectivity index (χ2v) is 7.75. The van der Waals surface area contributed by atoms with E-state index in [1.807, 2.05) is 23.1 Å². The summed E-state index contributed by atoms with van der Waals surface area (Å²) in [5, 5.41) is 0. The second kappa shape index (κ2) is 6.38. The molecule has 4 rings (SSSR count). The van der Waals surface area contributed by atoms with Gasteiger partial charge in [0.05, 0.1) is 5.56 Å². The van der Waals surface area contributed by atoms with Crippen LogP contribution in [0.25, 0.3) is 0 Å². The Kier molecular flexibility index (Phi) is 4.17. The highest BCUT2D eigenvalue weighted by Gasteiger charge is 2.44. The van der Waals surface area contributed by atoms with Crippen molar-refractivity contribution in [2.24, 2.45) is 0 Å². The summed E-state index contributed by atoms with van der Waals surface area (Å²) in [5.74, 6) is 0.826. The molecule has 26 heavy (non-hydrogen) atoms. The zero-order chi connectivity index (χ0) is 18.3. The van der Waals surface area contributed by atoms with Crippen LogP contribution in [0.2, 0.25) is 0 Å². The predicted molar refractivity (Wildman–Crippen MR) is 99.9 cm³/mol. The first-order chi connectivity index (χ1) is 12.5. The van der Waals surface area contributed by atoms with Gasteiger partial charge in [0.15, 0.2) is 0 Å². The number of carbonyl (C=O) groups excluding carboxylic acids is 1. The van der Waals surface area contributed by atoms with Crippen molar-refractivity contribution in [3.8, 4) is 0 Å². The lowest BCUT2D eigenvalue weighted by atomic mass is 9.82. The Labute approximate surface area is 153 Å². The van der Waals surface area contributed by atoms with E-state index in [-0.39, 0.29) is 23.2 Å². The predicted octanol–water partition coefficient (Wildman–Crippen LogP) is 3.84. The fourth-order valence-corrected chi connectivity index (χ4v) is 4.15. The van der Waals surface area contributed by atoms with Gasteiger partial charge in [0.1, 0.15) is 11.6 Å². The topological polar surface area (TPSA) is 36.4 Å². The minimum Gasteiger partial charge on any atom is -0.356 e. The summed E-state index contributed by atoms with van der Waals surface area (Å²) in [7, 11) is 0. The molecule has 1 aromatic carbocycles. The van der Waals surface area contributed by atoms with Crippen LogP contribution in [0.1, 0.15) is 48.5 Å². The van der Waals surface area contributed by atoms with E-state index in [0.29, 0.717) is 12.1 Å². The van der Waals surface area contributed by atoms with E-state index < -0.39 is 0 Å². The van der Waals surface area contributed by atoms with Gasteiger partial charge >= 0.3 is 0 Å². The molecule has 5 heteroatoms. The van der Waals surface area contributed by atoms with Crippen LogP contribution in [0.3, 0.4) is 0 Å². The van der Waals surface area contributed by atoms with Gasteiger partial charge in [-0.2, -0.15) is 0 Å². The van der Waals surface area contributed by atoms with E-state index in [9.17, 15) is 9.18 Å². The molecular weight excluding hydrogens is 329 g/mol. The molecule has 2 aromatic rings. The molecule has 0 saturated carbocycles. The molecule has 4 nitrogen and oxygen atoms in total. The molecule has 3 heterocycles. The van der Waals surface area contributed by atoms with Crippen molar-refractivity contribution >= 4 is 11.7 Å². The van der Waals surface area contributed by atoms with Crippen molar-refractivity contribution in [1.82, 2.24) is 9.88 Å². The van der Waals surface area contributed by atoms with Crippen LogP contribution in [-0.4, -0.2) is 41.0 Å². The van der Waals surface area contributed by atoms with E-state index in [4.69, 9.17) is 0 Å². The number of hydrogen-bond donors (Lipinski definition) is 0. The first-order valence-corrected chi connectivity index (χ1v) is 9.25. The summed E-state index contributed by atoms with van der Waals surface area (Å²) in [6.07, 6.45) is 3.72. The maximum absolute atomic E-state index is 13.6. The third-order valence-electron chi connectivity index (χ3n) is 5.86. The van der Waals surface area contributed by atoms with Gasteiger partial charge in [0.2, 0.25) is 0 Å². The highest BCUT2D eigenvalue weighted by molar-refractivity contribution is 5.95. The third-order valence-corrected chi connectivity index (χ3v) is 5.86. The highest BCUT2D eigenvalue weighted by Crippen LogP contribution is 2.42. The molecular formula is C21H24FN3O. The van der Waals surface area contributed by atoms with Crippen LogP contribution >= 0.6 is 0 Å². The van der Waals surface area contributed by atoms with E-state index in [0.717, 1.165) is 30.9 Å². The van der Waals surface area contributed by atoms with Gasteiger partial charge in [-0.25, -0.2) is 9.37 Å². The quantitative estimate of drug-likeness (QED) is 0.841. The Hall–Kier alpha value is -2.43. The number of amides is 1. The number of benzene rings is 1. The number of carbonyl (C=O) groups is 1. The van der Waals surface area contributed by atoms with E-state index in [1.165, 1.54) is 12.5 Å². The smallest absolute Gasteiger partial charge is 0.255 e.